The van der Waals surface area contributed by atoms with Crippen molar-refractivity contribution in [1.29, 1.82) is 0 Å². The van der Waals surface area contributed by atoms with Gasteiger partial charge in [0, 0.05) is 11.0 Å². The molecule has 0 aliphatic heterocycles. The number of benzene rings is 1. The third kappa shape index (κ3) is 3.79. The van der Waals surface area contributed by atoms with Crippen molar-refractivity contribution in [1.82, 2.24) is 0 Å². The van der Waals surface area contributed by atoms with Crippen LogP contribution in [0.25, 0.3) is 0 Å². The highest BCUT2D eigenvalue weighted by Gasteiger charge is 2.13. The van der Waals surface area contributed by atoms with Gasteiger partial charge in [0.05, 0.1) is 15.7 Å². The molecule has 0 heterocycles. The second kappa shape index (κ2) is 7.02. The minimum Gasteiger partial charge on any atom is -0.384 e. The van der Waals surface area contributed by atoms with Crippen LogP contribution in [-0.2, 0) is 0 Å². The highest BCUT2D eigenvalue weighted by Crippen LogP contribution is 2.36. The van der Waals surface area contributed by atoms with Gasteiger partial charge in [0.15, 0.2) is 0 Å². The molecule has 1 aliphatic carbocycles. The summed E-state index contributed by atoms with van der Waals surface area (Å²) < 4.78 is 0.840. The topological polar surface area (TPSA) is 12.0 Å². The molecule has 0 atom stereocenters. The lowest BCUT2D eigenvalue weighted by molar-refractivity contribution is 0.345. The zero-order valence-corrected chi connectivity index (χ0v) is 13.4. The molecule has 0 spiro atoms. The highest BCUT2D eigenvalue weighted by molar-refractivity contribution is 9.10. The fraction of sp³-hybridized carbons (Fsp3) is 0.571. The number of halogens is 3. The van der Waals surface area contributed by atoms with Crippen LogP contribution >= 0.6 is 39.1 Å². The first-order chi connectivity index (χ1) is 8.68. The lowest BCUT2D eigenvalue weighted by atomic mass is 9.87. The molecule has 0 aromatic heterocycles. The molecule has 18 heavy (non-hydrogen) atoms. The Kier molecular flexibility index (Phi) is 5.65. The van der Waals surface area contributed by atoms with Gasteiger partial charge < -0.3 is 5.32 Å². The van der Waals surface area contributed by atoms with E-state index in [1.165, 1.54) is 38.5 Å². The molecule has 2 rings (SSSR count). The van der Waals surface area contributed by atoms with Gasteiger partial charge in [-0.2, -0.15) is 0 Å². The average Bonchev–Trinajstić information content (AvgIpc) is 2.40. The van der Waals surface area contributed by atoms with Crippen LogP contribution in [-0.4, -0.2) is 6.54 Å². The lowest BCUT2D eigenvalue weighted by Crippen LogP contribution is -2.12. The first-order valence-electron chi connectivity index (χ1n) is 6.56. The Morgan fingerprint density at radius 3 is 2.56 bits per heavy atom. The van der Waals surface area contributed by atoms with E-state index in [-0.39, 0.29) is 0 Å². The summed E-state index contributed by atoms with van der Waals surface area (Å²) in [6, 6.07) is 3.90. The van der Waals surface area contributed by atoms with Crippen molar-refractivity contribution in [2.45, 2.75) is 38.5 Å². The second-order valence-corrected chi connectivity index (χ2v) is 6.55. The lowest BCUT2D eigenvalue weighted by Gasteiger charge is -2.21. The molecule has 0 unspecified atom stereocenters. The molecule has 1 aromatic rings. The Hall–Kier alpha value is 0.0800. The van der Waals surface area contributed by atoms with E-state index in [0.29, 0.717) is 10.0 Å². The zero-order chi connectivity index (χ0) is 13.0. The van der Waals surface area contributed by atoms with Gasteiger partial charge in [-0.05, 0) is 40.4 Å². The summed E-state index contributed by atoms with van der Waals surface area (Å²) in [6.45, 7) is 0.975. The molecular formula is C14H18BrCl2N. The van der Waals surface area contributed by atoms with Gasteiger partial charge in [-0.15, -0.1) is 0 Å². The predicted molar refractivity (Wildman–Crippen MR) is 83.8 cm³/mol. The summed E-state index contributed by atoms with van der Waals surface area (Å²) in [5, 5.41) is 4.58. The number of anilines is 1. The molecule has 0 bridgehead atoms. The quantitative estimate of drug-likeness (QED) is 0.643. The number of nitrogens with one attached hydrogen (secondary N) is 1. The largest absolute Gasteiger partial charge is 0.384 e. The van der Waals surface area contributed by atoms with Gasteiger partial charge in [-0.25, -0.2) is 0 Å². The van der Waals surface area contributed by atoms with Crippen LogP contribution < -0.4 is 5.32 Å². The number of hydrogen-bond donors (Lipinski definition) is 1. The average molecular weight is 351 g/mol. The Bertz CT molecular complexity index is 403. The van der Waals surface area contributed by atoms with Crippen LogP contribution in [0.2, 0.25) is 10.0 Å². The molecular weight excluding hydrogens is 333 g/mol. The maximum atomic E-state index is 6.20. The molecule has 1 saturated carbocycles. The second-order valence-electron chi connectivity index (χ2n) is 4.94. The summed E-state index contributed by atoms with van der Waals surface area (Å²) in [5.74, 6) is 0.885. The molecule has 1 aromatic carbocycles. The van der Waals surface area contributed by atoms with Crippen LogP contribution in [0.15, 0.2) is 16.6 Å². The van der Waals surface area contributed by atoms with E-state index < -0.39 is 0 Å². The maximum Gasteiger partial charge on any atom is 0.0835 e. The van der Waals surface area contributed by atoms with Gasteiger partial charge in [-0.1, -0.05) is 55.3 Å². The maximum absolute atomic E-state index is 6.20. The minimum absolute atomic E-state index is 0.583. The van der Waals surface area contributed by atoms with Crippen molar-refractivity contribution in [2.24, 2.45) is 5.92 Å². The molecule has 1 nitrogen and oxygen atoms in total. The van der Waals surface area contributed by atoms with E-state index in [9.17, 15) is 0 Å². The minimum atomic E-state index is 0.583. The summed E-state index contributed by atoms with van der Waals surface area (Å²) >= 11 is 15.7. The Labute approximate surface area is 127 Å². The predicted octanol–water partition coefficient (Wildman–Crippen LogP) is 6.14. The van der Waals surface area contributed by atoms with Crippen molar-refractivity contribution < 1.29 is 0 Å². The van der Waals surface area contributed by atoms with E-state index in [4.69, 9.17) is 23.2 Å². The van der Waals surface area contributed by atoms with E-state index in [2.05, 4.69) is 21.2 Å². The Morgan fingerprint density at radius 1 is 1.11 bits per heavy atom. The summed E-state index contributed by atoms with van der Waals surface area (Å²) in [7, 11) is 0. The van der Waals surface area contributed by atoms with Gasteiger partial charge in [0.2, 0.25) is 0 Å². The number of hydrogen-bond acceptors (Lipinski definition) is 1. The number of rotatable bonds is 4. The SMILES string of the molecule is Clc1c(Br)ccc(NCCC2CCCCC2)c1Cl. The molecule has 0 radical (unpaired) electrons. The molecule has 1 aliphatic rings. The molecule has 1 fully saturated rings. The summed E-state index contributed by atoms with van der Waals surface area (Å²) in [4.78, 5) is 0. The van der Waals surface area contributed by atoms with Crippen molar-refractivity contribution in [2.75, 3.05) is 11.9 Å². The van der Waals surface area contributed by atoms with Crippen LogP contribution in [0.5, 0.6) is 0 Å². The molecule has 4 heteroatoms. The molecule has 0 saturated heterocycles. The smallest absolute Gasteiger partial charge is 0.0835 e. The van der Waals surface area contributed by atoms with Crippen molar-refractivity contribution in [3.63, 3.8) is 0 Å². The Morgan fingerprint density at radius 2 is 1.83 bits per heavy atom. The first-order valence-corrected chi connectivity index (χ1v) is 8.10. The van der Waals surface area contributed by atoms with Gasteiger partial charge in [0.25, 0.3) is 0 Å². The molecule has 100 valence electrons. The monoisotopic (exact) mass is 349 g/mol. The van der Waals surface area contributed by atoms with Gasteiger partial charge in [0.1, 0.15) is 0 Å². The normalized spacial score (nSPS) is 16.8. The molecule has 0 amide bonds. The molecule has 1 N–H and O–H groups in total. The van der Waals surface area contributed by atoms with Gasteiger partial charge in [-0.3, -0.25) is 0 Å². The van der Waals surface area contributed by atoms with E-state index >= 15 is 0 Å². The third-order valence-corrected chi connectivity index (χ3v) is 5.40. The Balaban J connectivity index is 1.84. The van der Waals surface area contributed by atoms with Crippen molar-refractivity contribution >= 4 is 44.8 Å². The summed E-state index contributed by atoms with van der Waals surface area (Å²) in [5.41, 5.74) is 0.931. The summed E-state index contributed by atoms with van der Waals surface area (Å²) in [6.07, 6.45) is 8.21. The van der Waals surface area contributed by atoms with E-state index in [1.807, 2.05) is 12.1 Å². The fourth-order valence-electron chi connectivity index (χ4n) is 2.55. The van der Waals surface area contributed by atoms with Crippen molar-refractivity contribution in [3.8, 4) is 0 Å². The zero-order valence-electron chi connectivity index (χ0n) is 10.3. The first kappa shape index (κ1) is 14.5. The van der Waals surface area contributed by atoms with Crippen LogP contribution in [0, 0.1) is 5.92 Å². The van der Waals surface area contributed by atoms with E-state index in [1.54, 1.807) is 0 Å². The highest BCUT2D eigenvalue weighted by atomic mass is 79.9. The third-order valence-electron chi connectivity index (χ3n) is 3.63. The van der Waals surface area contributed by atoms with Crippen LogP contribution in [0.1, 0.15) is 38.5 Å². The fourth-order valence-corrected chi connectivity index (χ4v) is 3.39. The van der Waals surface area contributed by atoms with Crippen molar-refractivity contribution in [3.05, 3.63) is 26.7 Å². The van der Waals surface area contributed by atoms with Crippen LogP contribution in [0.4, 0.5) is 5.69 Å². The van der Waals surface area contributed by atoms with Crippen LogP contribution in [0.3, 0.4) is 0 Å². The van der Waals surface area contributed by atoms with Gasteiger partial charge >= 0.3 is 0 Å². The standard InChI is InChI=1S/C14H18BrCl2N/c15-11-6-7-12(14(17)13(11)16)18-9-8-10-4-2-1-3-5-10/h6-7,10,18H,1-5,8-9H2. The van der Waals surface area contributed by atoms with E-state index in [0.717, 1.165) is 22.6 Å².